The van der Waals surface area contributed by atoms with Gasteiger partial charge in [0.2, 0.25) is 10.0 Å². The highest BCUT2D eigenvalue weighted by Gasteiger charge is 2.29. The van der Waals surface area contributed by atoms with Crippen molar-refractivity contribution in [1.29, 1.82) is 0 Å². The van der Waals surface area contributed by atoms with Crippen molar-refractivity contribution < 1.29 is 8.42 Å². The molecule has 1 saturated heterocycles. The number of hydrogen-bond donors (Lipinski definition) is 1. The molecular weight excluding hydrogens is 328 g/mol. The van der Waals surface area contributed by atoms with Gasteiger partial charge in [0.1, 0.15) is 0 Å². The SMILES string of the molecule is CNC[C@@H]1CCCN(S(=O)(=O)c2ccc(Br)cc2)C1. The molecular formula is C13H19BrN2O2S. The number of rotatable bonds is 4. The molecule has 0 saturated carbocycles. The molecule has 106 valence electrons. The topological polar surface area (TPSA) is 49.4 Å². The lowest BCUT2D eigenvalue weighted by molar-refractivity contribution is 0.263. The Bertz CT molecular complexity index is 514. The Hall–Kier alpha value is -0.430. The lowest BCUT2D eigenvalue weighted by Gasteiger charge is -2.31. The molecule has 1 aromatic carbocycles. The second-order valence-electron chi connectivity index (χ2n) is 4.88. The van der Waals surface area contributed by atoms with Crippen molar-refractivity contribution in [3.8, 4) is 0 Å². The standard InChI is InChI=1S/C13H19BrN2O2S/c1-15-9-11-3-2-8-16(10-11)19(17,18)13-6-4-12(14)5-7-13/h4-7,11,15H,2-3,8-10H2,1H3/t11-/m0/s1. The second-order valence-corrected chi connectivity index (χ2v) is 7.74. The van der Waals surface area contributed by atoms with Crippen molar-refractivity contribution in [2.45, 2.75) is 17.7 Å². The quantitative estimate of drug-likeness (QED) is 0.907. The summed E-state index contributed by atoms with van der Waals surface area (Å²) in [5.74, 6) is 0.406. The zero-order chi connectivity index (χ0) is 13.9. The number of nitrogens with one attached hydrogen (secondary N) is 1. The summed E-state index contributed by atoms with van der Waals surface area (Å²) in [7, 11) is -1.44. The van der Waals surface area contributed by atoms with E-state index in [1.807, 2.05) is 7.05 Å². The molecule has 0 aliphatic carbocycles. The zero-order valence-electron chi connectivity index (χ0n) is 11.0. The lowest BCUT2D eigenvalue weighted by Crippen LogP contribution is -2.42. The van der Waals surface area contributed by atoms with E-state index < -0.39 is 10.0 Å². The van der Waals surface area contributed by atoms with Gasteiger partial charge in [0, 0.05) is 17.6 Å². The molecule has 0 aromatic heterocycles. The van der Waals surface area contributed by atoms with Gasteiger partial charge < -0.3 is 5.32 Å². The van der Waals surface area contributed by atoms with E-state index >= 15 is 0 Å². The minimum absolute atomic E-state index is 0.376. The van der Waals surface area contributed by atoms with Gasteiger partial charge in [0.25, 0.3) is 0 Å². The van der Waals surface area contributed by atoms with Gasteiger partial charge in [-0.05, 0) is 56.6 Å². The minimum Gasteiger partial charge on any atom is -0.319 e. The number of nitrogens with zero attached hydrogens (tertiary/aromatic N) is 1. The maximum atomic E-state index is 12.5. The van der Waals surface area contributed by atoms with Crippen LogP contribution in [0.3, 0.4) is 0 Å². The summed E-state index contributed by atoms with van der Waals surface area (Å²) in [6, 6.07) is 6.84. The fraction of sp³-hybridized carbons (Fsp3) is 0.538. The maximum Gasteiger partial charge on any atom is 0.243 e. The first kappa shape index (κ1) is 15.0. The Kier molecular flexibility index (Phi) is 5.00. The van der Waals surface area contributed by atoms with E-state index in [-0.39, 0.29) is 0 Å². The second kappa shape index (κ2) is 6.35. The molecule has 0 unspecified atom stereocenters. The highest BCUT2D eigenvalue weighted by atomic mass is 79.9. The molecule has 0 radical (unpaired) electrons. The van der Waals surface area contributed by atoms with E-state index in [2.05, 4.69) is 21.2 Å². The van der Waals surface area contributed by atoms with E-state index in [9.17, 15) is 8.42 Å². The fourth-order valence-corrected chi connectivity index (χ4v) is 4.28. The minimum atomic E-state index is -3.35. The Labute approximate surface area is 123 Å². The Balaban J connectivity index is 2.17. The van der Waals surface area contributed by atoms with Crippen LogP contribution < -0.4 is 5.32 Å². The highest BCUT2D eigenvalue weighted by Crippen LogP contribution is 2.24. The predicted octanol–water partition coefficient (Wildman–Crippen LogP) is 2.07. The van der Waals surface area contributed by atoms with Crippen LogP contribution in [-0.2, 0) is 10.0 Å². The molecule has 1 fully saturated rings. The van der Waals surface area contributed by atoms with E-state index in [1.54, 1.807) is 28.6 Å². The van der Waals surface area contributed by atoms with Crippen LogP contribution in [-0.4, -0.2) is 39.4 Å². The summed E-state index contributed by atoms with van der Waals surface area (Å²) in [5.41, 5.74) is 0. The number of hydrogen-bond acceptors (Lipinski definition) is 3. The lowest BCUT2D eigenvalue weighted by atomic mass is 10.00. The molecule has 19 heavy (non-hydrogen) atoms. The van der Waals surface area contributed by atoms with Gasteiger partial charge in [-0.25, -0.2) is 8.42 Å². The molecule has 1 N–H and O–H groups in total. The molecule has 0 amide bonds. The molecule has 4 nitrogen and oxygen atoms in total. The number of sulfonamides is 1. The molecule has 1 aliphatic heterocycles. The summed E-state index contributed by atoms with van der Waals surface area (Å²) >= 11 is 3.32. The normalized spacial score (nSPS) is 21.5. The molecule has 1 heterocycles. The Morgan fingerprint density at radius 2 is 2.05 bits per heavy atom. The van der Waals surface area contributed by atoms with E-state index in [4.69, 9.17) is 0 Å². The van der Waals surface area contributed by atoms with Gasteiger partial charge in [-0.1, -0.05) is 15.9 Å². The summed E-state index contributed by atoms with van der Waals surface area (Å²) in [6.45, 7) is 2.10. The largest absolute Gasteiger partial charge is 0.319 e. The van der Waals surface area contributed by atoms with Crippen LogP contribution in [0.2, 0.25) is 0 Å². The van der Waals surface area contributed by atoms with Gasteiger partial charge in [-0.3, -0.25) is 0 Å². The number of benzene rings is 1. The van der Waals surface area contributed by atoms with Gasteiger partial charge in [0.15, 0.2) is 0 Å². The molecule has 1 aromatic rings. The van der Waals surface area contributed by atoms with Crippen LogP contribution in [0, 0.1) is 5.92 Å². The maximum absolute atomic E-state index is 12.5. The van der Waals surface area contributed by atoms with Crippen molar-refractivity contribution in [2.24, 2.45) is 5.92 Å². The fourth-order valence-electron chi connectivity index (χ4n) is 2.46. The van der Waals surface area contributed by atoms with Crippen LogP contribution in [0.15, 0.2) is 33.6 Å². The van der Waals surface area contributed by atoms with Gasteiger partial charge in [-0.15, -0.1) is 0 Å². The van der Waals surface area contributed by atoms with Crippen LogP contribution in [0.25, 0.3) is 0 Å². The van der Waals surface area contributed by atoms with E-state index in [0.29, 0.717) is 23.9 Å². The third-order valence-electron chi connectivity index (χ3n) is 3.43. The monoisotopic (exact) mass is 346 g/mol. The highest BCUT2D eigenvalue weighted by molar-refractivity contribution is 9.10. The molecule has 1 aliphatic rings. The first-order valence-corrected chi connectivity index (χ1v) is 8.67. The molecule has 0 bridgehead atoms. The average Bonchev–Trinajstić information content (AvgIpc) is 2.40. The first-order chi connectivity index (χ1) is 9.04. The third-order valence-corrected chi connectivity index (χ3v) is 5.83. The van der Waals surface area contributed by atoms with Crippen molar-refractivity contribution in [3.05, 3.63) is 28.7 Å². The van der Waals surface area contributed by atoms with Gasteiger partial charge >= 0.3 is 0 Å². The molecule has 6 heteroatoms. The average molecular weight is 347 g/mol. The number of halogens is 1. The molecule has 0 spiro atoms. The summed E-state index contributed by atoms with van der Waals surface area (Å²) in [4.78, 5) is 0.376. The van der Waals surface area contributed by atoms with Crippen molar-refractivity contribution in [3.63, 3.8) is 0 Å². The molecule has 2 rings (SSSR count). The van der Waals surface area contributed by atoms with Crippen LogP contribution in [0.1, 0.15) is 12.8 Å². The van der Waals surface area contributed by atoms with Crippen molar-refractivity contribution in [2.75, 3.05) is 26.7 Å². The van der Waals surface area contributed by atoms with Gasteiger partial charge in [0.05, 0.1) is 4.90 Å². The van der Waals surface area contributed by atoms with Crippen LogP contribution in [0.5, 0.6) is 0 Å². The third kappa shape index (κ3) is 3.56. The summed E-state index contributed by atoms with van der Waals surface area (Å²) < 4.78 is 27.6. The number of piperidine rings is 1. The van der Waals surface area contributed by atoms with E-state index in [1.165, 1.54) is 0 Å². The van der Waals surface area contributed by atoms with Gasteiger partial charge in [-0.2, -0.15) is 4.31 Å². The smallest absolute Gasteiger partial charge is 0.243 e. The Morgan fingerprint density at radius 1 is 1.37 bits per heavy atom. The van der Waals surface area contributed by atoms with Crippen molar-refractivity contribution in [1.82, 2.24) is 9.62 Å². The Morgan fingerprint density at radius 3 is 2.68 bits per heavy atom. The van der Waals surface area contributed by atoms with E-state index in [0.717, 1.165) is 23.9 Å². The first-order valence-electron chi connectivity index (χ1n) is 6.44. The van der Waals surface area contributed by atoms with Crippen LogP contribution in [0.4, 0.5) is 0 Å². The van der Waals surface area contributed by atoms with Crippen LogP contribution >= 0.6 is 15.9 Å². The summed E-state index contributed by atoms with van der Waals surface area (Å²) in [5, 5.41) is 3.13. The molecule has 1 atom stereocenters. The van der Waals surface area contributed by atoms with Crippen molar-refractivity contribution >= 4 is 26.0 Å². The zero-order valence-corrected chi connectivity index (χ0v) is 13.4. The predicted molar refractivity (Wildman–Crippen MR) is 79.6 cm³/mol. The summed E-state index contributed by atoms with van der Waals surface area (Å²) in [6.07, 6.45) is 2.02.